The van der Waals surface area contributed by atoms with E-state index < -0.39 is 0 Å². The van der Waals surface area contributed by atoms with E-state index in [1.807, 2.05) is 13.8 Å². The van der Waals surface area contributed by atoms with Crippen molar-refractivity contribution in [3.8, 4) is 0 Å². The molecule has 2 fully saturated rings. The highest BCUT2D eigenvalue weighted by Crippen LogP contribution is 2.34. The number of carbonyl (C=O) groups excluding carboxylic acids is 1. The van der Waals surface area contributed by atoms with Gasteiger partial charge in [0.05, 0.1) is 0 Å². The zero-order chi connectivity index (χ0) is 11.8. The first-order valence-corrected chi connectivity index (χ1v) is 6.19. The van der Waals surface area contributed by atoms with E-state index in [0.29, 0.717) is 11.9 Å². The van der Waals surface area contributed by atoms with Gasteiger partial charge in [0.2, 0.25) is 0 Å². The molecule has 1 amide bonds. The van der Waals surface area contributed by atoms with Gasteiger partial charge in [-0.25, -0.2) is 0 Å². The van der Waals surface area contributed by atoms with Crippen LogP contribution in [-0.4, -0.2) is 23.4 Å². The van der Waals surface area contributed by atoms with Gasteiger partial charge in [-0.2, -0.15) is 0 Å². The van der Waals surface area contributed by atoms with Gasteiger partial charge in [-0.15, -0.1) is 0 Å². The van der Waals surface area contributed by atoms with Crippen LogP contribution in [0, 0.1) is 5.92 Å². The summed E-state index contributed by atoms with van der Waals surface area (Å²) >= 11 is 0. The van der Waals surface area contributed by atoms with E-state index >= 15 is 0 Å². The summed E-state index contributed by atoms with van der Waals surface area (Å²) in [5.41, 5.74) is -0.370. The number of hydrogen-bond acceptors (Lipinski definition) is 2. The maximum absolute atomic E-state index is 12.0. The molecule has 2 aliphatic rings. The first-order valence-electron chi connectivity index (χ1n) is 6.19. The number of guanidine groups is 1. The van der Waals surface area contributed by atoms with Crippen molar-refractivity contribution in [3.05, 3.63) is 0 Å². The first-order chi connectivity index (χ1) is 7.52. The van der Waals surface area contributed by atoms with Gasteiger partial charge in [-0.05, 0) is 32.6 Å². The third-order valence-corrected chi connectivity index (χ3v) is 3.41. The monoisotopic (exact) mass is 223 g/mol. The van der Waals surface area contributed by atoms with Gasteiger partial charge in [0.15, 0.2) is 5.96 Å². The summed E-state index contributed by atoms with van der Waals surface area (Å²) in [7, 11) is 0. The van der Waals surface area contributed by atoms with Gasteiger partial charge in [-0.1, -0.05) is 19.8 Å². The van der Waals surface area contributed by atoms with E-state index in [-0.39, 0.29) is 17.5 Å². The molecule has 1 saturated carbocycles. The van der Waals surface area contributed by atoms with E-state index in [1.54, 1.807) is 0 Å². The third kappa shape index (κ3) is 2.06. The predicted molar refractivity (Wildman–Crippen MR) is 64.2 cm³/mol. The minimum atomic E-state index is -0.370. The fraction of sp³-hybridized carbons (Fsp3) is 0.833. The highest BCUT2D eigenvalue weighted by molar-refractivity contribution is 6.09. The molecule has 1 aliphatic carbocycles. The molecule has 0 aromatic rings. The third-order valence-electron chi connectivity index (χ3n) is 3.41. The molecule has 16 heavy (non-hydrogen) atoms. The SMILES string of the molecule is CC1CCCC2(C1)NC(=NC(C)C)NC2=O. The fourth-order valence-corrected chi connectivity index (χ4v) is 2.74. The summed E-state index contributed by atoms with van der Waals surface area (Å²) in [6.07, 6.45) is 4.21. The zero-order valence-corrected chi connectivity index (χ0v) is 10.3. The summed E-state index contributed by atoms with van der Waals surface area (Å²) < 4.78 is 0. The lowest BCUT2D eigenvalue weighted by Crippen LogP contribution is -2.50. The molecule has 0 aromatic heterocycles. The Kier molecular flexibility index (Phi) is 2.91. The number of nitrogens with one attached hydrogen (secondary N) is 2. The van der Waals surface area contributed by atoms with Crippen molar-refractivity contribution >= 4 is 11.9 Å². The molecular formula is C12H21N3O. The molecule has 1 saturated heterocycles. The number of nitrogens with zero attached hydrogens (tertiary/aromatic N) is 1. The highest BCUT2D eigenvalue weighted by atomic mass is 16.2. The van der Waals surface area contributed by atoms with E-state index in [2.05, 4.69) is 22.5 Å². The molecule has 0 aromatic carbocycles. The Hall–Kier alpha value is -1.06. The van der Waals surface area contributed by atoms with Crippen molar-refractivity contribution in [1.82, 2.24) is 10.6 Å². The van der Waals surface area contributed by atoms with Crippen molar-refractivity contribution in [1.29, 1.82) is 0 Å². The normalized spacial score (nSPS) is 36.9. The molecule has 2 unspecified atom stereocenters. The number of carbonyl (C=O) groups is 1. The summed E-state index contributed by atoms with van der Waals surface area (Å²) in [5, 5.41) is 6.17. The van der Waals surface area contributed by atoms with E-state index in [4.69, 9.17) is 0 Å². The molecule has 4 nitrogen and oxygen atoms in total. The molecule has 0 radical (unpaired) electrons. The molecule has 2 N–H and O–H groups in total. The van der Waals surface area contributed by atoms with Gasteiger partial charge < -0.3 is 5.32 Å². The largest absolute Gasteiger partial charge is 0.342 e. The van der Waals surface area contributed by atoms with Crippen LogP contribution in [0.15, 0.2) is 4.99 Å². The Balaban J connectivity index is 2.14. The molecular weight excluding hydrogens is 202 g/mol. The maximum atomic E-state index is 12.0. The van der Waals surface area contributed by atoms with Gasteiger partial charge in [-0.3, -0.25) is 15.1 Å². The molecule has 90 valence electrons. The molecule has 1 heterocycles. The van der Waals surface area contributed by atoms with Gasteiger partial charge >= 0.3 is 0 Å². The van der Waals surface area contributed by atoms with Crippen molar-refractivity contribution in [3.63, 3.8) is 0 Å². The van der Waals surface area contributed by atoms with Crippen LogP contribution in [0.5, 0.6) is 0 Å². The van der Waals surface area contributed by atoms with Crippen molar-refractivity contribution in [2.45, 2.75) is 58.0 Å². The average Bonchev–Trinajstić information content (AvgIpc) is 2.41. The number of amides is 1. The van der Waals surface area contributed by atoms with Crippen LogP contribution in [0.1, 0.15) is 46.5 Å². The highest BCUT2D eigenvalue weighted by Gasteiger charge is 2.47. The van der Waals surface area contributed by atoms with E-state index in [1.165, 1.54) is 6.42 Å². The predicted octanol–water partition coefficient (Wildman–Crippen LogP) is 1.42. The molecule has 4 heteroatoms. The van der Waals surface area contributed by atoms with Gasteiger partial charge in [0.25, 0.3) is 5.91 Å². The van der Waals surface area contributed by atoms with E-state index in [0.717, 1.165) is 19.3 Å². The van der Waals surface area contributed by atoms with Crippen molar-refractivity contribution in [2.75, 3.05) is 0 Å². The lowest BCUT2D eigenvalue weighted by Gasteiger charge is -2.34. The second-order valence-corrected chi connectivity index (χ2v) is 5.43. The Morgan fingerprint density at radius 1 is 1.50 bits per heavy atom. The fourth-order valence-electron chi connectivity index (χ4n) is 2.74. The van der Waals surface area contributed by atoms with Crippen LogP contribution in [0.3, 0.4) is 0 Å². The molecule has 2 atom stereocenters. The summed E-state index contributed by atoms with van der Waals surface area (Å²) in [6, 6.07) is 0.207. The molecule has 1 spiro atoms. The summed E-state index contributed by atoms with van der Waals surface area (Å²) in [4.78, 5) is 16.4. The minimum Gasteiger partial charge on any atom is -0.342 e. The first kappa shape index (κ1) is 11.4. The molecule has 2 rings (SSSR count). The standard InChI is InChI=1S/C12H21N3O/c1-8(2)13-11-14-10(16)12(15-11)6-4-5-9(3)7-12/h8-9H,4-7H2,1-3H3,(H2,13,14,15,16). The summed E-state index contributed by atoms with van der Waals surface area (Å²) in [6.45, 7) is 6.23. The average molecular weight is 223 g/mol. The Bertz CT molecular complexity index is 324. The van der Waals surface area contributed by atoms with Gasteiger partial charge in [0.1, 0.15) is 5.54 Å². The van der Waals surface area contributed by atoms with Crippen LogP contribution in [0.25, 0.3) is 0 Å². The quantitative estimate of drug-likeness (QED) is 0.706. The second-order valence-electron chi connectivity index (χ2n) is 5.43. The number of rotatable bonds is 1. The van der Waals surface area contributed by atoms with E-state index in [9.17, 15) is 4.79 Å². The van der Waals surface area contributed by atoms with Crippen LogP contribution >= 0.6 is 0 Å². The van der Waals surface area contributed by atoms with Gasteiger partial charge in [0, 0.05) is 6.04 Å². The van der Waals surface area contributed by atoms with Crippen LogP contribution in [-0.2, 0) is 4.79 Å². The molecule has 1 aliphatic heterocycles. The maximum Gasteiger partial charge on any atom is 0.252 e. The second kappa shape index (κ2) is 4.07. The molecule has 0 bridgehead atoms. The Morgan fingerprint density at radius 3 is 2.88 bits per heavy atom. The minimum absolute atomic E-state index is 0.110. The van der Waals surface area contributed by atoms with Crippen molar-refractivity contribution in [2.24, 2.45) is 10.9 Å². The summed E-state index contributed by atoms with van der Waals surface area (Å²) in [5.74, 6) is 1.39. The number of aliphatic imine (C=N–C) groups is 1. The Morgan fingerprint density at radius 2 is 2.25 bits per heavy atom. The van der Waals surface area contributed by atoms with Crippen molar-refractivity contribution < 1.29 is 4.79 Å². The Labute approximate surface area is 96.9 Å². The topological polar surface area (TPSA) is 53.5 Å². The zero-order valence-electron chi connectivity index (χ0n) is 10.3. The lowest BCUT2D eigenvalue weighted by molar-refractivity contribution is -0.125. The number of hydrogen-bond donors (Lipinski definition) is 2. The van der Waals surface area contributed by atoms with Crippen LogP contribution in [0.2, 0.25) is 0 Å². The van der Waals surface area contributed by atoms with Crippen LogP contribution in [0.4, 0.5) is 0 Å². The van der Waals surface area contributed by atoms with Crippen LogP contribution < -0.4 is 10.6 Å². The smallest absolute Gasteiger partial charge is 0.252 e. The lowest BCUT2D eigenvalue weighted by atomic mass is 9.76.